The van der Waals surface area contributed by atoms with E-state index in [4.69, 9.17) is 11.6 Å². The maximum Gasteiger partial charge on any atom is 0.269 e. The van der Waals surface area contributed by atoms with Gasteiger partial charge in [0.25, 0.3) is 5.56 Å². The number of halogens is 1. The molecule has 1 aromatic carbocycles. The maximum atomic E-state index is 11.8. The van der Waals surface area contributed by atoms with Crippen LogP contribution in [-0.2, 0) is 6.54 Å². The van der Waals surface area contributed by atoms with Crippen LogP contribution in [-0.4, -0.2) is 10.9 Å². The number of hydrogen-bond acceptors (Lipinski definition) is 2. The predicted molar refractivity (Wildman–Crippen MR) is 66.6 cm³/mol. The minimum atomic E-state index is -0.291. The Morgan fingerprint density at radius 2 is 1.94 bits per heavy atom. The van der Waals surface area contributed by atoms with Crippen molar-refractivity contribution in [1.29, 1.82) is 0 Å². The number of benzene rings is 1. The Morgan fingerprint density at radius 3 is 2.59 bits per heavy atom. The average Bonchev–Trinajstić information content (AvgIpc) is 2.36. The van der Waals surface area contributed by atoms with Gasteiger partial charge >= 0.3 is 0 Å². The van der Waals surface area contributed by atoms with Crippen LogP contribution in [0.15, 0.2) is 47.4 Å². The van der Waals surface area contributed by atoms with Crippen molar-refractivity contribution in [1.82, 2.24) is 4.57 Å². The van der Waals surface area contributed by atoms with Gasteiger partial charge in [0.15, 0.2) is 6.29 Å². The molecule has 2 rings (SSSR count). The average molecular weight is 248 g/mol. The quantitative estimate of drug-likeness (QED) is 0.781. The fraction of sp³-hybridized carbons (Fsp3) is 0.0769. The third-order valence-corrected chi connectivity index (χ3v) is 2.67. The summed E-state index contributed by atoms with van der Waals surface area (Å²) in [6, 6.07) is 10.9. The van der Waals surface area contributed by atoms with Crippen LogP contribution in [0.3, 0.4) is 0 Å². The molecule has 0 aliphatic carbocycles. The van der Waals surface area contributed by atoms with Crippen molar-refractivity contribution in [2.45, 2.75) is 6.54 Å². The lowest BCUT2D eigenvalue weighted by molar-refractivity contribution is 0.112. The molecule has 0 spiro atoms. The fourth-order valence-electron chi connectivity index (χ4n) is 1.58. The van der Waals surface area contributed by atoms with Crippen LogP contribution in [0.2, 0.25) is 5.02 Å². The number of rotatable bonds is 3. The molecule has 0 aliphatic heterocycles. The van der Waals surface area contributed by atoms with Crippen molar-refractivity contribution in [3.05, 3.63) is 69.1 Å². The summed E-state index contributed by atoms with van der Waals surface area (Å²) in [4.78, 5) is 22.5. The smallest absolute Gasteiger partial charge is 0.269 e. The lowest BCUT2D eigenvalue weighted by atomic mass is 10.2. The van der Waals surface area contributed by atoms with E-state index in [1.807, 2.05) is 30.3 Å². The molecule has 0 amide bonds. The Hall–Kier alpha value is -1.87. The zero-order valence-electron chi connectivity index (χ0n) is 8.97. The summed E-state index contributed by atoms with van der Waals surface area (Å²) in [5.41, 5.74) is 1.08. The minimum absolute atomic E-state index is 0.0607. The summed E-state index contributed by atoms with van der Waals surface area (Å²) in [6.07, 6.45) is 2.18. The molecule has 4 heteroatoms. The molecule has 2 aromatic rings. The second kappa shape index (κ2) is 4.97. The van der Waals surface area contributed by atoms with E-state index in [1.165, 1.54) is 16.8 Å². The van der Waals surface area contributed by atoms with Crippen molar-refractivity contribution >= 4 is 17.9 Å². The van der Waals surface area contributed by atoms with Gasteiger partial charge in [-0.15, -0.1) is 0 Å². The third-order valence-electron chi connectivity index (χ3n) is 2.40. The van der Waals surface area contributed by atoms with Gasteiger partial charge in [-0.05, 0) is 11.6 Å². The standard InChI is InChI=1S/C13H10ClNO2/c14-12-6-11(9-16)8-15(13(12)17)7-10-4-2-1-3-5-10/h1-6,8-9H,7H2. The Morgan fingerprint density at radius 1 is 1.24 bits per heavy atom. The summed E-state index contributed by atoms with van der Waals surface area (Å²) >= 11 is 5.77. The highest BCUT2D eigenvalue weighted by molar-refractivity contribution is 6.30. The molecule has 3 nitrogen and oxygen atoms in total. The maximum absolute atomic E-state index is 11.8. The molecule has 0 aliphatic rings. The van der Waals surface area contributed by atoms with Gasteiger partial charge < -0.3 is 4.57 Å². The highest BCUT2D eigenvalue weighted by atomic mass is 35.5. The molecule has 0 bridgehead atoms. The SMILES string of the molecule is O=Cc1cc(Cl)c(=O)n(Cc2ccccc2)c1. The molecule has 0 fully saturated rings. The Labute approximate surface area is 103 Å². The summed E-state index contributed by atoms with van der Waals surface area (Å²) in [7, 11) is 0. The Balaban J connectivity index is 2.42. The molecule has 0 radical (unpaired) electrons. The van der Waals surface area contributed by atoms with Crippen LogP contribution in [0.1, 0.15) is 15.9 Å². The molecule has 0 unspecified atom stereocenters. The number of pyridine rings is 1. The number of carbonyl (C=O) groups excluding carboxylic acids is 1. The van der Waals surface area contributed by atoms with Crippen LogP contribution in [0.25, 0.3) is 0 Å². The van der Waals surface area contributed by atoms with E-state index in [1.54, 1.807) is 0 Å². The third kappa shape index (κ3) is 2.63. The Kier molecular flexibility index (Phi) is 3.40. The largest absolute Gasteiger partial charge is 0.309 e. The number of hydrogen-bond donors (Lipinski definition) is 0. The summed E-state index contributed by atoms with van der Waals surface area (Å²) in [5.74, 6) is 0. The monoisotopic (exact) mass is 247 g/mol. The van der Waals surface area contributed by atoms with E-state index >= 15 is 0 Å². The molecule has 1 aromatic heterocycles. The van der Waals surface area contributed by atoms with Crippen molar-refractivity contribution in [2.75, 3.05) is 0 Å². The summed E-state index contributed by atoms with van der Waals surface area (Å²) in [6.45, 7) is 0.404. The molecular formula is C13H10ClNO2. The first-order chi connectivity index (χ1) is 8.20. The first kappa shape index (κ1) is 11.6. The van der Waals surface area contributed by atoms with Gasteiger partial charge in [-0.2, -0.15) is 0 Å². The molecule has 0 saturated carbocycles. The van der Waals surface area contributed by atoms with Gasteiger partial charge in [0.2, 0.25) is 0 Å². The van der Waals surface area contributed by atoms with Crippen molar-refractivity contribution in [3.8, 4) is 0 Å². The molecule has 0 saturated heterocycles. The molecule has 1 heterocycles. The van der Waals surface area contributed by atoms with Gasteiger partial charge in [-0.25, -0.2) is 0 Å². The van der Waals surface area contributed by atoms with Gasteiger partial charge in [0.1, 0.15) is 5.02 Å². The van der Waals surface area contributed by atoms with E-state index in [2.05, 4.69) is 0 Å². The van der Waals surface area contributed by atoms with Gasteiger partial charge in [-0.1, -0.05) is 41.9 Å². The fourth-order valence-corrected chi connectivity index (χ4v) is 1.82. The zero-order valence-corrected chi connectivity index (χ0v) is 9.72. The first-order valence-corrected chi connectivity index (χ1v) is 5.47. The molecule has 86 valence electrons. The zero-order chi connectivity index (χ0) is 12.3. The second-order valence-electron chi connectivity index (χ2n) is 3.66. The van der Waals surface area contributed by atoms with E-state index in [0.29, 0.717) is 18.4 Å². The highest BCUT2D eigenvalue weighted by Crippen LogP contribution is 2.06. The van der Waals surface area contributed by atoms with Crippen LogP contribution in [0.4, 0.5) is 0 Å². The number of aldehydes is 1. The van der Waals surface area contributed by atoms with Gasteiger partial charge in [0, 0.05) is 11.8 Å². The first-order valence-electron chi connectivity index (χ1n) is 5.10. The normalized spacial score (nSPS) is 10.2. The second-order valence-corrected chi connectivity index (χ2v) is 4.07. The number of carbonyl (C=O) groups is 1. The van der Waals surface area contributed by atoms with E-state index in [0.717, 1.165) is 5.56 Å². The lowest BCUT2D eigenvalue weighted by Crippen LogP contribution is -2.21. The van der Waals surface area contributed by atoms with Crippen LogP contribution in [0.5, 0.6) is 0 Å². The van der Waals surface area contributed by atoms with Crippen LogP contribution < -0.4 is 5.56 Å². The van der Waals surface area contributed by atoms with Gasteiger partial charge in [-0.3, -0.25) is 9.59 Å². The number of nitrogens with zero attached hydrogens (tertiary/aromatic N) is 1. The van der Waals surface area contributed by atoms with Gasteiger partial charge in [0.05, 0.1) is 6.54 Å². The van der Waals surface area contributed by atoms with Crippen molar-refractivity contribution in [2.24, 2.45) is 0 Å². The number of aromatic nitrogens is 1. The van der Waals surface area contributed by atoms with E-state index in [-0.39, 0.29) is 10.6 Å². The summed E-state index contributed by atoms with van der Waals surface area (Å²) < 4.78 is 1.43. The van der Waals surface area contributed by atoms with E-state index < -0.39 is 0 Å². The molecule has 0 N–H and O–H groups in total. The highest BCUT2D eigenvalue weighted by Gasteiger charge is 2.04. The Bertz CT molecular complexity index is 590. The molecule has 17 heavy (non-hydrogen) atoms. The predicted octanol–water partition coefficient (Wildman–Crippen LogP) is 2.36. The molecule has 0 atom stereocenters. The minimum Gasteiger partial charge on any atom is -0.309 e. The van der Waals surface area contributed by atoms with Crippen LogP contribution >= 0.6 is 11.6 Å². The van der Waals surface area contributed by atoms with Crippen molar-refractivity contribution in [3.63, 3.8) is 0 Å². The lowest BCUT2D eigenvalue weighted by Gasteiger charge is -2.07. The van der Waals surface area contributed by atoms with Crippen LogP contribution in [0, 0.1) is 0 Å². The van der Waals surface area contributed by atoms with E-state index in [9.17, 15) is 9.59 Å². The molecular weight excluding hydrogens is 238 g/mol. The topological polar surface area (TPSA) is 39.1 Å². The summed E-state index contributed by atoms with van der Waals surface area (Å²) in [5, 5.41) is 0.0607. The van der Waals surface area contributed by atoms with Crippen molar-refractivity contribution < 1.29 is 4.79 Å².